The molecule has 29 heavy (non-hydrogen) atoms. The summed E-state index contributed by atoms with van der Waals surface area (Å²) in [7, 11) is 1.64. The van der Waals surface area contributed by atoms with E-state index in [2.05, 4.69) is 21.0 Å². The molecular formula is C23H15N5O. The van der Waals surface area contributed by atoms with Crippen LogP contribution >= 0.6 is 0 Å². The van der Waals surface area contributed by atoms with E-state index in [1.165, 1.54) is 0 Å². The summed E-state index contributed by atoms with van der Waals surface area (Å²) in [6, 6.07) is 17.5. The van der Waals surface area contributed by atoms with E-state index in [1.54, 1.807) is 25.8 Å². The minimum Gasteiger partial charge on any atom is -0.494 e. The zero-order chi connectivity index (χ0) is 19.8. The topological polar surface area (TPSA) is 76.1 Å². The first kappa shape index (κ1) is 16.9. The number of hydrogen-bond acceptors (Lipinski definition) is 5. The number of ether oxygens (including phenoxy) is 1. The summed E-state index contributed by atoms with van der Waals surface area (Å²) >= 11 is 0. The molecule has 0 saturated heterocycles. The highest BCUT2D eigenvalue weighted by Crippen LogP contribution is 2.38. The van der Waals surface area contributed by atoms with Crippen LogP contribution in [0.25, 0.3) is 38.9 Å². The molecule has 0 amide bonds. The molecule has 0 unspecified atom stereocenters. The zero-order valence-corrected chi connectivity index (χ0v) is 15.6. The minimum atomic E-state index is 0.613. The molecule has 4 aromatic heterocycles. The van der Waals surface area contributed by atoms with Crippen LogP contribution < -0.4 is 4.74 Å². The molecule has 0 spiro atoms. The molecule has 0 bridgehead atoms. The first-order valence-electron chi connectivity index (χ1n) is 9.03. The maximum atomic E-state index is 9.13. The Hall–Kier alpha value is -4.24. The third kappa shape index (κ3) is 2.77. The Kier molecular flexibility index (Phi) is 3.92. The average molecular weight is 377 g/mol. The van der Waals surface area contributed by atoms with Crippen LogP contribution in [0.2, 0.25) is 0 Å². The Morgan fingerprint density at radius 2 is 1.83 bits per heavy atom. The van der Waals surface area contributed by atoms with Gasteiger partial charge in [-0.25, -0.2) is 4.98 Å². The Balaban J connectivity index is 1.84. The third-order valence-electron chi connectivity index (χ3n) is 4.93. The summed E-state index contributed by atoms with van der Waals surface area (Å²) in [5, 5.41) is 9.13. The van der Waals surface area contributed by atoms with Crippen LogP contribution in [0, 0.1) is 11.3 Å². The van der Waals surface area contributed by atoms with Gasteiger partial charge in [-0.3, -0.25) is 14.4 Å². The molecule has 0 aliphatic carbocycles. The van der Waals surface area contributed by atoms with Crippen molar-refractivity contribution in [3.63, 3.8) is 0 Å². The van der Waals surface area contributed by atoms with Crippen molar-refractivity contribution in [3.8, 4) is 34.2 Å². The van der Waals surface area contributed by atoms with Crippen molar-refractivity contribution in [3.05, 3.63) is 79.0 Å². The van der Waals surface area contributed by atoms with Crippen molar-refractivity contribution < 1.29 is 4.74 Å². The fourth-order valence-electron chi connectivity index (χ4n) is 3.54. The zero-order valence-electron chi connectivity index (χ0n) is 15.6. The van der Waals surface area contributed by atoms with Gasteiger partial charge in [0.2, 0.25) is 0 Å². The molecule has 0 radical (unpaired) electrons. The SMILES string of the molecule is COc1cc(-c2ccc(C#N)cc2)c(-c2cnc3cccnc3c2)n2cncc12. The van der Waals surface area contributed by atoms with E-state index in [0.717, 1.165) is 44.7 Å². The van der Waals surface area contributed by atoms with Crippen LogP contribution in [0.15, 0.2) is 73.4 Å². The molecule has 6 nitrogen and oxygen atoms in total. The van der Waals surface area contributed by atoms with E-state index >= 15 is 0 Å². The molecule has 138 valence electrons. The molecule has 5 rings (SSSR count). The van der Waals surface area contributed by atoms with Crippen molar-refractivity contribution in [2.24, 2.45) is 0 Å². The van der Waals surface area contributed by atoms with Gasteiger partial charge in [-0.2, -0.15) is 5.26 Å². The van der Waals surface area contributed by atoms with Gasteiger partial charge in [0.05, 0.1) is 48.0 Å². The lowest BCUT2D eigenvalue weighted by Gasteiger charge is -2.16. The van der Waals surface area contributed by atoms with Gasteiger partial charge in [-0.05, 0) is 42.0 Å². The van der Waals surface area contributed by atoms with Crippen LogP contribution in [-0.4, -0.2) is 26.5 Å². The van der Waals surface area contributed by atoms with Gasteiger partial charge in [0.1, 0.15) is 11.3 Å². The summed E-state index contributed by atoms with van der Waals surface area (Å²) in [6.45, 7) is 0. The number of methoxy groups -OCH3 is 1. The Bertz CT molecular complexity index is 1400. The Morgan fingerprint density at radius 3 is 2.62 bits per heavy atom. The van der Waals surface area contributed by atoms with Crippen LogP contribution in [-0.2, 0) is 0 Å². The number of rotatable bonds is 3. The maximum absolute atomic E-state index is 9.13. The van der Waals surface area contributed by atoms with Gasteiger partial charge in [0.25, 0.3) is 0 Å². The van der Waals surface area contributed by atoms with Crippen LogP contribution in [0.5, 0.6) is 5.75 Å². The van der Waals surface area contributed by atoms with Gasteiger partial charge in [0, 0.05) is 23.5 Å². The fourth-order valence-corrected chi connectivity index (χ4v) is 3.54. The van der Waals surface area contributed by atoms with E-state index in [-0.39, 0.29) is 0 Å². The van der Waals surface area contributed by atoms with E-state index in [0.29, 0.717) is 5.56 Å². The quantitative estimate of drug-likeness (QED) is 0.463. The van der Waals surface area contributed by atoms with Crippen molar-refractivity contribution in [1.82, 2.24) is 19.4 Å². The predicted octanol–water partition coefficient (Wildman–Crippen LogP) is 4.49. The Morgan fingerprint density at radius 1 is 0.966 bits per heavy atom. The highest BCUT2D eigenvalue weighted by Gasteiger charge is 2.17. The van der Waals surface area contributed by atoms with Gasteiger partial charge in [0.15, 0.2) is 0 Å². The van der Waals surface area contributed by atoms with Crippen molar-refractivity contribution in [2.45, 2.75) is 0 Å². The second-order valence-electron chi connectivity index (χ2n) is 6.58. The molecule has 5 aromatic rings. The second kappa shape index (κ2) is 6.73. The number of aromatic nitrogens is 4. The normalized spacial score (nSPS) is 10.9. The third-order valence-corrected chi connectivity index (χ3v) is 4.93. The largest absolute Gasteiger partial charge is 0.494 e. The summed E-state index contributed by atoms with van der Waals surface area (Å²) in [5.41, 5.74) is 6.90. The van der Waals surface area contributed by atoms with E-state index in [9.17, 15) is 0 Å². The van der Waals surface area contributed by atoms with E-state index in [4.69, 9.17) is 10.00 Å². The van der Waals surface area contributed by atoms with Crippen LogP contribution in [0.4, 0.5) is 0 Å². The van der Waals surface area contributed by atoms with Crippen LogP contribution in [0.3, 0.4) is 0 Å². The lowest BCUT2D eigenvalue weighted by molar-refractivity contribution is 0.418. The summed E-state index contributed by atoms with van der Waals surface area (Å²) in [6.07, 6.45) is 7.15. The molecule has 0 aliphatic rings. The van der Waals surface area contributed by atoms with Crippen LogP contribution in [0.1, 0.15) is 5.56 Å². The number of nitriles is 1. The molecule has 0 aliphatic heterocycles. The highest BCUT2D eigenvalue weighted by atomic mass is 16.5. The first-order valence-corrected chi connectivity index (χ1v) is 9.03. The van der Waals surface area contributed by atoms with Crippen molar-refractivity contribution in [1.29, 1.82) is 5.26 Å². The smallest absolute Gasteiger partial charge is 0.145 e. The number of fused-ring (bicyclic) bond motifs is 2. The molecule has 1 aromatic carbocycles. The molecule has 6 heteroatoms. The number of benzene rings is 1. The van der Waals surface area contributed by atoms with Gasteiger partial charge < -0.3 is 4.74 Å². The van der Waals surface area contributed by atoms with E-state index in [1.807, 2.05) is 59.1 Å². The van der Waals surface area contributed by atoms with E-state index < -0.39 is 0 Å². The molecule has 0 saturated carbocycles. The number of pyridine rings is 3. The monoisotopic (exact) mass is 377 g/mol. The molecule has 0 atom stereocenters. The first-order chi connectivity index (χ1) is 14.3. The van der Waals surface area contributed by atoms with Gasteiger partial charge in [-0.1, -0.05) is 12.1 Å². The summed E-state index contributed by atoms with van der Waals surface area (Å²) in [4.78, 5) is 13.4. The number of imidazole rings is 1. The molecular weight excluding hydrogens is 362 g/mol. The molecule has 0 fully saturated rings. The lowest BCUT2D eigenvalue weighted by atomic mass is 9.98. The summed E-state index contributed by atoms with van der Waals surface area (Å²) in [5.74, 6) is 0.720. The average Bonchev–Trinajstić information content (AvgIpc) is 3.27. The Labute approximate surface area is 166 Å². The maximum Gasteiger partial charge on any atom is 0.145 e. The molecule has 0 N–H and O–H groups in total. The highest BCUT2D eigenvalue weighted by molar-refractivity contribution is 5.89. The van der Waals surface area contributed by atoms with Crippen molar-refractivity contribution >= 4 is 16.6 Å². The van der Waals surface area contributed by atoms with Crippen molar-refractivity contribution in [2.75, 3.05) is 7.11 Å². The van der Waals surface area contributed by atoms with Gasteiger partial charge in [-0.15, -0.1) is 0 Å². The summed E-state index contributed by atoms with van der Waals surface area (Å²) < 4.78 is 7.61. The molecule has 4 heterocycles. The lowest BCUT2D eigenvalue weighted by Crippen LogP contribution is -1.99. The minimum absolute atomic E-state index is 0.613. The number of hydrogen-bond donors (Lipinski definition) is 0. The fraction of sp³-hybridized carbons (Fsp3) is 0.0435. The second-order valence-corrected chi connectivity index (χ2v) is 6.58. The standard InChI is InChI=1S/C23H15N5O/c1-29-22-10-18(16-6-4-15(11-24)5-7-16)23(28-14-25-13-21(22)28)17-9-20-19(27-12-17)3-2-8-26-20/h2-10,12-14H,1H3. The predicted molar refractivity (Wildman–Crippen MR) is 110 cm³/mol. The van der Waals surface area contributed by atoms with Gasteiger partial charge >= 0.3 is 0 Å². The number of nitrogens with zero attached hydrogens (tertiary/aromatic N) is 5.